The standard InChI is InChI=1S/C15H26N2O4/c1-2-16(6-3-7-18)15(21)17-12-4-5-13(17)9-11(8-12)10-14(19)20/h11-13,18H,2-10H2,1H3,(H,19,20). The Bertz CT molecular complexity index is 374. The molecule has 2 atom stereocenters. The zero-order valence-electron chi connectivity index (χ0n) is 12.7. The van der Waals surface area contributed by atoms with Crippen LogP contribution in [0.15, 0.2) is 0 Å². The largest absolute Gasteiger partial charge is 0.481 e. The monoisotopic (exact) mass is 298 g/mol. The molecule has 2 aliphatic heterocycles. The van der Waals surface area contributed by atoms with E-state index in [1.54, 1.807) is 4.90 Å². The normalized spacial score (nSPS) is 27.7. The number of piperidine rings is 1. The fourth-order valence-corrected chi connectivity index (χ4v) is 3.83. The molecule has 0 spiro atoms. The van der Waals surface area contributed by atoms with Gasteiger partial charge >= 0.3 is 12.0 Å². The molecule has 0 saturated carbocycles. The molecule has 2 unspecified atom stereocenters. The number of aliphatic hydroxyl groups is 1. The first-order valence-electron chi connectivity index (χ1n) is 7.96. The average molecular weight is 298 g/mol. The van der Waals surface area contributed by atoms with Gasteiger partial charge in [-0.1, -0.05) is 0 Å². The van der Waals surface area contributed by atoms with Gasteiger partial charge in [0.1, 0.15) is 0 Å². The lowest BCUT2D eigenvalue weighted by molar-refractivity contribution is -0.138. The van der Waals surface area contributed by atoms with Crippen molar-refractivity contribution < 1.29 is 19.8 Å². The number of carboxylic acids is 1. The highest BCUT2D eigenvalue weighted by Gasteiger charge is 2.44. The molecular weight excluding hydrogens is 272 g/mol. The maximum atomic E-state index is 12.7. The van der Waals surface area contributed by atoms with Crippen molar-refractivity contribution >= 4 is 12.0 Å². The number of aliphatic hydroxyl groups excluding tert-OH is 1. The van der Waals surface area contributed by atoms with Gasteiger partial charge in [0.25, 0.3) is 0 Å². The first kappa shape index (κ1) is 16.1. The Morgan fingerprint density at radius 3 is 2.33 bits per heavy atom. The number of carboxylic acid groups (broad SMARTS) is 1. The third-order valence-electron chi connectivity index (χ3n) is 4.75. The molecular formula is C15H26N2O4. The highest BCUT2D eigenvalue weighted by atomic mass is 16.4. The van der Waals surface area contributed by atoms with E-state index in [2.05, 4.69) is 0 Å². The number of fused-ring (bicyclic) bond motifs is 2. The van der Waals surface area contributed by atoms with Gasteiger partial charge in [0.2, 0.25) is 0 Å². The summed E-state index contributed by atoms with van der Waals surface area (Å²) >= 11 is 0. The second-order valence-corrected chi connectivity index (χ2v) is 6.17. The Kier molecular flexibility index (Phi) is 5.45. The van der Waals surface area contributed by atoms with Crippen LogP contribution in [-0.4, -0.2) is 63.8 Å². The Hall–Kier alpha value is -1.30. The van der Waals surface area contributed by atoms with Crippen molar-refractivity contribution in [3.8, 4) is 0 Å². The number of carbonyl (C=O) groups is 2. The summed E-state index contributed by atoms with van der Waals surface area (Å²) in [4.78, 5) is 27.3. The van der Waals surface area contributed by atoms with Crippen molar-refractivity contribution in [1.29, 1.82) is 0 Å². The average Bonchev–Trinajstić information content (AvgIpc) is 2.70. The molecule has 2 heterocycles. The Balaban J connectivity index is 1.98. The van der Waals surface area contributed by atoms with Crippen LogP contribution in [0.4, 0.5) is 4.79 Å². The van der Waals surface area contributed by atoms with Crippen molar-refractivity contribution in [2.75, 3.05) is 19.7 Å². The van der Waals surface area contributed by atoms with Crippen LogP contribution in [0.2, 0.25) is 0 Å². The first-order valence-corrected chi connectivity index (χ1v) is 7.96. The quantitative estimate of drug-likeness (QED) is 0.779. The van der Waals surface area contributed by atoms with E-state index in [4.69, 9.17) is 10.2 Å². The van der Waals surface area contributed by atoms with E-state index in [0.29, 0.717) is 19.5 Å². The summed E-state index contributed by atoms with van der Waals surface area (Å²) in [7, 11) is 0. The van der Waals surface area contributed by atoms with Crippen LogP contribution in [0, 0.1) is 5.92 Å². The predicted octanol–water partition coefficient (Wildman–Crippen LogP) is 1.53. The number of aliphatic carboxylic acids is 1. The lowest BCUT2D eigenvalue weighted by Gasteiger charge is -2.41. The first-order chi connectivity index (χ1) is 10.1. The molecule has 0 aromatic carbocycles. The summed E-state index contributed by atoms with van der Waals surface area (Å²) in [5.74, 6) is -0.533. The molecule has 2 saturated heterocycles. The number of carbonyl (C=O) groups excluding carboxylic acids is 1. The fraction of sp³-hybridized carbons (Fsp3) is 0.867. The molecule has 6 nitrogen and oxygen atoms in total. The molecule has 0 aromatic rings. The molecule has 2 N–H and O–H groups in total. The molecule has 2 aliphatic rings. The van der Waals surface area contributed by atoms with Gasteiger partial charge in [-0.05, 0) is 44.9 Å². The van der Waals surface area contributed by atoms with E-state index in [9.17, 15) is 9.59 Å². The van der Waals surface area contributed by atoms with Crippen LogP contribution < -0.4 is 0 Å². The van der Waals surface area contributed by atoms with E-state index < -0.39 is 5.97 Å². The lowest BCUT2D eigenvalue weighted by atomic mass is 9.88. The van der Waals surface area contributed by atoms with Crippen molar-refractivity contribution in [2.24, 2.45) is 5.92 Å². The fourth-order valence-electron chi connectivity index (χ4n) is 3.83. The number of amides is 2. The maximum Gasteiger partial charge on any atom is 0.320 e. The summed E-state index contributed by atoms with van der Waals surface area (Å²) in [6.07, 6.45) is 4.42. The number of urea groups is 1. The second kappa shape index (κ2) is 7.11. The van der Waals surface area contributed by atoms with Crippen LogP contribution in [0.3, 0.4) is 0 Å². The van der Waals surface area contributed by atoms with Crippen molar-refractivity contribution in [2.45, 2.75) is 57.5 Å². The minimum atomic E-state index is -0.739. The molecule has 2 fully saturated rings. The summed E-state index contributed by atoms with van der Waals surface area (Å²) in [5, 5.41) is 17.9. The molecule has 2 bridgehead atoms. The maximum absolute atomic E-state index is 12.7. The van der Waals surface area contributed by atoms with Gasteiger partial charge in [-0.15, -0.1) is 0 Å². The van der Waals surface area contributed by atoms with Crippen LogP contribution in [0.1, 0.15) is 45.4 Å². The highest BCUT2D eigenvalue weighted by Crippen LogP contribution is 2.40. The van der Waals surface area contributed by atoms with E-state index >= 15 is 0 Å². The van der Waals surface area contributed by atoms with Crippen molar-refractivity contribution in [1.82, 2.24) is 9.80 Å². The van der Waals surface area contributed by atoms with Crippen molar-refractivity contribution in [3.63, 3.8) is 0 Å². The molecule has 6 heteroatoms. The third-order valence-corrected chi connectivity index (χ3v) is 4.75. The molecule has 0 aromatic heterocycles. The molecule has 0 aliphatic carbocycles. The van der Waals surface area contributed by atoms with Gasteiger partial charge in [0.05, 0.1) is 0 Å². The molecule has 2 amide bonds. The van der Waals surface area contributed by atoms with Crippen LogP contribution in [0.25, 0.3) is 0 Å². The Morgan fingerprint density at radius 2 is 1.86 bits per heavy atom. The highest BCUT2D eigenvalue weighted by molar-refractivity contribution is 5.76. The summed E-state index contributed by atoms with van der Waals surface area (Å²) in [5.41, 5.74) is 0. The summed E-state index contributed by atoms with van der Waals surface area (Å²) in [6.45, 7) is 3.28. The summed E-state index contributed by atoms with van der Waals surface area (Å²) in [6, 6.07) is 0.458. The molecule has 2 rings (SSSR count). The van der Waals surface area contributed by atoms with Gasteiger partial charge in [-0.3, -0.25) is 4.79 Å². The smallest absolute Gasteiger partial charge is 0.320 e. The molecule has 120 valence electrons. The SMILES string of the molecule is CCN(CCCO)C(=O)N1C2CCC1CC(CC(=O)O)C2. The van der Waals surface area contributed by atoms with E-state index in [0.717, 1.165) is 25.7 Å². The molecule has 0 radical (unpaired) electrons. The van der Waals surface area contributed by atoms with Crippen molar-refractivity contribution in [3.05, 3.63) is 0 Å². The second-order valence-electron chi connectivity index (χ2n) is 6.17. The summed E-state index contributed by atoms with van der Waals surface area (Å²) < 4.78 is 0. The number of nitrogens with zero attached hydrogens (tertiary/aromatic N) is 2. The van der Waals surface area contributed by atoms with E-state index in [1.807, 2.05) is 11.8 Å². The Labute approximate surface area is 125 Å². The Morgan fingerprint density at radius 1 is 1.24 bits per heavy atom. The topological polar surface area (TPSA) is 81.1 Å². The minimum Gasteiger partial charge on any atom is -0.481 e. The predicted molar refractivity (Wildman–Crippen MR) is 78.0 cm³/mol. The number of rotatable bonds is 6. The number of hydrogen-bond donors (Lipinski definition) is 2. The van der Waals surface area contributed by atoms with Crippen LogP contribution in [0.5, 0.6) is 0 Å². The minimum absolute atomic E-state index is 0.0622. The zero-order chi connectivity index (χ0) is 15.4. The van der Waals surface area contributed by atoms with E-state index in [-0.39, 0.29) is 37.1 Å². The van der Waals surface area contributed by atoms with Gasteiger partial charge in [0.15, 0.2) is 0 Å². The third kappa shape index (κ3) is 3.67. The van der Waals surface area contributed by atoms with Gasteiger partial charge in [0, 0.05) is 38.2 Å². The van der Waals surface area contributed by atoms with Gasteiger partial charge < -0.3 is 20.0 Å². The van der Waals surface area contributed by atoms with Crippen LogP contribution >= 0.6 is 0 Å². The zero-order valence-corrected chi connectivity index (χ0v) is 12.7. The van der Waals surface area contributed by atoms with E-state index in [1.165, 1.54) is 0 Å². The molecule has 21 heavy (non-hydrogen) atoms. The number of hydrogen-bond acceptors (Lipinski definition) is 3. The van der Waals surface area contributed by atoms with Gasteiger partial charge in [-0.2, -0.15) is 0 Å². The lowest BCUT2D eigenvalue weighted by Crippen LogP contribution is -2.52. The van der Waals surface area contributed by atoms with Gasteiger partial charge in [-0.25, -0.2) is 4.79 Å². The van der Waals surface area contributed by atoms with Crippen LogP contribution in [-0.2, 0) is 4.79 Å².